The Hall–Kier alpha value is -2.66. The first-order chi connectivity index (χ1) is 14.1. The van der Waals surface area contributed by atoms with Crippen LogP contribution in [0.3, 0.4) is 0 Å². The zero-order valence-electron chi connectivity index (χ0n) is 17.7. The van der Waals surface area contributed by atoms with Crippen LogP contribution in [0.5, 0.6) is 0 Å². The summed E-state index contributed by atoms with van der Waals surface area (Å²) in [5, 5.41) is 3.37. The van der Waals surface area contributed by atoms with Gasteiger partial charge in [-0.15, -0.1) is 0 Å². The van der Waals surface area contributed by atoms with Crippen molar-refractivity contribution in [3.8, 4) is 0 Å². The number of hydrogen-bond acceptors (Lipinski definition) is 5. The van der Waals surface area contributed by atoms with Crippen LogP contribution in [-0.4, -0.2) is 47.7 Å². The maximum atomic E-state index is 5.63. The minimum absolute atomic E-state index is 0.727. The fourth-order valence-electron chi connectivity index (χ4n) is 3.48. The summed E-state index contributed by atoms with van der Waals surface area (Å²) in [6, 6.07) is 0. The van der Waals surface area contributed by atoms with Crippen molar-refractivity contribution in [2.75, 3.05) is 32.8 Å². The van der Waals surface area contributed by atoms with E-state index >= 15 is 0 Å². The van der Waals surface area contributed by atoms with Gasteiger partial charge >= 0.3 is 0 Å². The molecule has 0 amide bonds. The average Bonchev–Trinajstić information content (AvgIpc) is 3.25. The van der Waals surface area contributed by atoms with Crippen molar-refractivity contribution in [1.82, 2.24) is 20.2 Å². The topological polar surface area (TPSA) is 50.3 Å². The molecular formula is C24H32N4O. The molecule has 1 fully saturated rings. The molecule has 29 heavy (non-hydrogen) atoms. The normalized spacial score (nSPS) is 22.6. The molecule has 1 aromatic rings. The first-order valence-corrected chi connectivity index (χ1v) is 10.5. The Kier molecular flexibility index (Phi) is 7.82. The van der Waals surface area contributed by atoms with E-state index in [2.05, 4.69) is 71.0 Å². The number of rotatable bonds is 4. The van der Waals surface area contributed by atoms with Crippen LogP contribution in [0.1, 0.15) is 44.5 Å². The standard InChI is InChI=1S/C24H32N4O/c1-19(22-8-4-7-16-29-17-13-25-20(2)9-10-22)18-23-24(27-12-11-26-23)21(3)28-14-5-6-15-28/h4,8-12,18,25H,3,5-7,13-17H2,1-2H3/b8-4?,19-18+,20-9+,22-10+. The molecule has 3 heterocycles. The summed E-state index contributed by atoms with van der Waals surface area (Å²) in [6.07, 6.45) is 17.5. The Morgan fingerprint density at radius 3 is 2.79 bits per heavy atom. The van der Waals surface area contributed by atoms with Crippen LogP contribution in [0.4, 0.5) is 0 Å². The number of nitrogens with zero attached hydrogens (tertiary/aromatic N) is 3. The van der Waals surface area contributed by atoms with Gasteiger partial charge in [0, 0.05) is 37.7 Å². The van der Waals surface area contributed by atoms with Crippen molar-refractivity contribution in [1.29, 1.82) is 0 Å². The predicted molar refractivity (Wildman–Crippen MR) is 120 cm³/mol. The van der Waals surface area contributed by atoms with E-state index in [-0.39, 0.29) is 0 Å². The maximum Gasteiger partial charge on any atom is 0.111 e. The molecule has 2 aliphatic heterocycles. The summed E-state index contributed by atoms with van der Waals surface area (Å²) < 4.78 is 5.63. The SMILES string of the molecule is C=C(c1nccnc1/C=C(C)/C1=C/C=C(\C)NCCOCCC=C1)N1CCCC1. The van der Waals surface area contributed by atoms with Gasteiger partial charge in [0.2, 0.25) is 0 Å². The van der Waals surface area contributed by atoms with Crippen LogP contribution >= 0.6 is 0 Å². The molecule has 0 aromatic carbocycles. The fraction of sp³-hybridized carbons (Fsp3) is 0.417. The molecule has 3 rings (SSSR count). The third-order valence-electron chi connectivity index (χ3n) is 5.19. The van der Waals surface area contributed by atoms with Gasteiger partial charge in [-0.25, -0.2) is 0 Å². The van der Waals surface area contributed by atoms with Gasteiger partial charge in [0.1, 0.15) is 5.69 Å². The lowest BCUT2D eigenvalue weighted by molar-refractivity contribution is 0.142. The molecule has 0 aliphatic carbocycles. The Bertz CT molecular complexity index is 829. The van der Waals surface area contributed by atoms with Gasteiger partial charge < -0.3 is 15.0 Å². The largest absolute Gasteiger partial charge is 0.386 e. The summed E-state index contributed by atoms with van der Waals surface area (Å²) in [5.41, 5.74) is 6.11. The lowest BCUT2D eigenvalue weighted by Crippen LogP contribution is -2.18. The van der Waals surface area contributed by atoms with E-state index in [1.54, 1.807) is 12.4 Å². The lowest BCUT2D eigenvalue weighted by Gasteiger charge is -2.20. The second-order valence-corrected chi connectivity index (χ2v) is 7.46. The third-order valence-corrected chi connectivity index (χ3v) is 5.19. The van der Waals surface area contributed by atoms with E-state index in [1.165, 1.54) is 12.8 Å². The predicted octanol–water partition coefficient (Wildman–Crippen LogP) is 4.34. The second-order valence-electron chi connectivity index (χ2n) is 7.46. The minimum atomic E-state index is 0.727. The van der Waals surface area contributed by atoms with Crippen LogP contribution in [-0.2, 0) is 4.74 Å². The summed E-state index contributed by atoms with van der Waals surface area (Å²) in [7, 11) is 0. The van der Waals surface area contributed by atoms with E-state index in [9.17, 15) is 0 Å². The molecule has 2 aliphatic rings. The van der Waals surface area contributed by atoms with E-state index in [0.717, 1.165) is 73.2 Å². The molecule has 5 heteroatoms. The molecular weight excluding hydrogens is 360 g/mol. The van der Waals surface area contributed by atoms with Gasteiger partial charge in [-0.2, -0.15) is 0 Å². The van der Waals surface area contributed by atoms with Crippen molar-refractivity contribution in [3.05, 3.63) is 71.5 Å². The molecule has 0 bridgehead atoms. The van der Waals surface area contributed by atoms with Crippen molar-refractivity contribution in [3.63, 3.8) is 0 Å². The molecule has 0 atom stereocenters. The van der Waals surface area contributed by atoms with Crippen molar-refractivity contribution < 1.29 is 4.74 Å². The maximum absolute atomic E-state index is 5.63. The fourth-order valence-corrected chi connectivity index (χ4v) is 3.48. The zero-order valence-corrected chi connectivity index (χ0v) is 17.7. The van der Waals surface area contributed by atoms with Crippen LogP contribution in [0.2, 0.25) is 0 Å². The zero-order chi connectivity index (χ0) is 20.5. The molecule has 5 nitrogen and oxygen atoms in total. The molecule has 0 spiro atoms. The van der Waals surface area contributed by atoms with E-state index in [0.29, 0.717) is 0 Å². The van der Waals surface area contributed by atoms with Gasteiger partial charge in [-0.3, -0.25) is 9.97 Å². The molecule has 1 saturated heterocycles. The molecule has 0 radical (unpaired) electrons. The van der Waals surface area contributed by atoms with Gasteiger partial charge in [-0.05, 0) is 56.4 Å². The smallest absolute Gasteiger partial charge is 0.111 e. The van der Waals surface area contributed by atoms with E-state index < -0.39 is 0 Å². The van der Waals surface area contributed by atoms with Crippen LogP contribution in [0.25, 0.3) is 11.8 Å². The van der Waals surface area contributed by atoms with Crippen molar-refractivity contribution >= 4 is 11.8 Å². The molecule has 0 unspecified atom stereocenters. The summed E-state index contributed by atoms with van der Waals surface area (Å²) in [6.45, 7) is 12.9. The van der Waals surface area contributed by atoms with E-state index in [4.69, 9.17) is 4.74 Å². The van der Waals surface area contributed by atoms with Gasteiger partial charge in [0.25, 0.3) is 0 Å². The highest BCUT2D eigenvalue weighted by Crippen LogP contribution is 2.25. The minimum Gasteiger partial charge on any atom is -0.386 e. The summed E-state index contributed by atoms with van der Waals surface area (Å²) in [4.78, 5) is 11.5. The highest BCUT2D eigenvalue weighted by atomic mass is 16.5. The van der Waals surface area contributed by atoms with Crippen LogP contribution in [0, 0.1) is 0 Å². The van der Waals surface area contributed by atoms with Crippen molar-refractivity contribution in [2.45, 2.75) is 33.1 Å². The molecule has 154 valence electrons. The highest BCUT2D eigenvalue weighted by molar-refractivity contribution is 5.70. The monoisotopic (exact) mass is 392 g/mol. The number of hydrogen-bond donors (Lipinski definition) is 1. The third kappa shape index (κ3) is 6.16. The first-order valence-electron chi connectivity index (χ1n) is 10.5. The number of aromatic nitrogens is 2. The van der Waals surface area contributed by atoms with Crippen LogP contribution in [0.15, 0.2) is 60.1 Å². The van der Waals surface area contributed by atoms with Gasteiger partial charge in [0.05, 0.1) is 24.6 Å². The van der Waals surface area contributed by atoms with Crippen molar-refractivity contribution in [2.24, 2.45) is 0 Å². The summed E-state index contributed by atoms with van der Waals surface area (Å²) >= 11 is 0. The van der Waals surface area contributed by atoms with Crippen LogP contribution < -0.4 is 5.32 Å². The van der Waals surface area contributed by atoms with Gasteiger partial charge in [0.15, 0.2) is 0 Å². The first kappa shape index (κ1) is 21.1. The average molecular weight is 393 g/mol. The lowest BCUT2D eigenvalue weighted by atomic mass is 10.0. The van der Waals surface area contributed by atoms with E-state index in [1.807, 2.05) is 0 Å². The summed E-state index contributed by atoms with van der Waals surface area (Å²) in [5.74, 6) is 0. The molecule has 0 saturated carbocycles. The quantitative estimate of drug-likeness (QED) is 0.826. The highest BCUT2D eigenvalue weighted by Gasteiger charge is 2.18. The van der Waals surface area contributed by atoms with Gasteiger partial charge in [-0.1, -0.05) is 24.8 Å². The number of ether oxygens (including phenoxy) is 1. The molecule has 1 N–H and O–H groups in total. The Labute approximate surface area is 174 Å². The second kappa shape index (κ2) is 10.8. The Balaban J connectivity index is 1.89. The number of nitrogens with one attached hydrogen (secondary N) is 1. The number of allylic oxidation sites excluding steroid dienone is 6. The molecule has 1 aromatic heterocycles. The Morgan fingerprint density at radius 2 is 1.97 bits per heavy atom. The Morgan fingerprint density at radius 1 is 1.17 bits per heavy atom. The number of likely N-dealkylation sites (tertiary alicyclic amines) is 1.